The van der Waals surface area contributed by atoms with E-state index in [1.165, 1.54) is 5.57 Å². The third kappa shape index (κ3) is 2.04. The van der Waals surface area contributed by atoms with Crippen molar-refractivity contribution < 1.29 is 4.79 Å². The summed E-state index contributed by atoms with van der Waals surface area (Å²) in [5.41, 5.74) is 1.24. The fourth-order valence-corrected chi connectivity index (χ4v) is 1.30. The average Bonchev–Trinajstić information content (AvgIpc) is 2.05. The van der Waals surface area contributed by atoms with E-state index in [1.807, 2.05) is 6.08 Å². The van der Waals surface area contributed by atoms with Gasteiger partial charge in [-0.05, 0) is 24.8 Å². The second-order valence-corrected chi connectivity index (χ2v) is 2.98. The number of allylic oxidation sites excluding steroid dienone is 3. The van der Waals surface area contributed by atoms with Crippen molar-refractivity contribution >= 4 is 5.78 Å². The zero-order chi connectivity index (χ0) is 8.27. The van der Waals surface area contributed by atoms with E-state index in [2.05, 4.69) is 13.5 Å². The number of hydrogen-bond acceptors (Lipinski definition) is 1. The van der Waals surface area contributed by atoms with Crippen LogP contribution < -0.4 is 0 Å². The second kappa shape index (κ2) is 3.51. The van der Waals surface area contributed by atoms with Gasteiger partial charge in [-0.15, -0.1) is 0 Å². The molecular formula is C10H14O. The summed E-state index contributed by atoms with van der Waals surface area (Å²) >= 11 is 0. The van der Waals surface area contributed by atoms with Gasteiger partial charge in [0.1, 0.15) is 0 Å². The van der Waals surface area contributed by atoms with E-state index in [-0.39, 0.29) is 5.78 Å². The Labute approximate surface area is 67.8 Å². The van der Waals surface area contributed by atoms with Crippen LogP contribution in [-0.4, -0.2) is 5.78 Å². The van der Waals surface area contributed by atoms with E-state index in [0.717, 1.165) is 12.8 Å². The molecule has 0 aromatic carbocycles. The van der Waals surface area contributed by atoms with Gasteiger partial charge in [0.05, 0.1) is 0 Å². The van der Waals surface area contributed by atoms with Crippen LogP contribution in [0.1, 0.15) is 26.2 Å². The first kappa shape index (κ1) is 8.25. The molecule has 0 saturated carbocycles. The first-order valence-electron chi connectivity index (χ1n) is 4.12. The number of ketones is 1. The average molecular weight is 150 g/mol. The van der Waals surface area contributed by atoms with Crippen LogP contribution in [0.15, 0.2) is 24.3 Å². The summed E-state index contributed by atoms with van der Waals surface area (Å²) in [6.45, 7) is 6.06. The van der Waals surface area contributed by atoms with Gasteiger partial charge in [-0.3, -0.25) is 4.79 Å². The Morgan fingerprint density at radius 3 is 3.00 bits per heavy atom. The molecule has 1 aliphatic carbocycles. The van der Waals surface area contributed by atoms with E-state index in [9.17, 15) is 4.79 Å². The third-order valence-corrected chi connectivity index (χ3v) is 2.19. The van der Waals surface area contributed by atoms with Crippen LogP contribution in [-0.2, 0) is 4.79 Å². The Morgan fingerprint density at radius 1 is 1.82 bits per heavy atom. The lowest BCUT2D eigenvalue weighted by Gasteiger charge is -2.16. The fourth-order valence-electron chi connectivity index (χ4n) is 1.30. The van der Waals surface area contributed by atoms with Crippen LogP contribution in [0.4, 0.5) is 0 Å². The molecule has 1 heteroatoms. The highest BCUT2D eigenvalue weighted by molar-refractivity contribution is 5.90. The van der Waals surface area contributed by atoms with Crippen molar-refractivity contribution in [3.63, 3.8) is 0 Å². The highest BCUT2D eigenvalue weighted by atomic mass is 16.1. The first-order chi connectivity index (χ1) is 5.24. The molecule has 0 bridgehead atoms. The molecule has 11 heavy (non-hydrogen) atoms. The zero-order valence-corrected chi connectivity index (χ0v) is 6.97. The molecule has 0 saturated heterocycles. The van der Waals surface area contributed by atoms with E-state index in [1.54, 1.807) is 6.08 Å². The predicted octanol–water partition coefficient (Wildman–Crippen LogP) is 2.49. The molecule has 0 N–H and O–H groups in total. The molecule has 1 nitrogen and oxygen atoms in total. The van der Waals surface area contributed by atoms with Crippen LogP contribution in [0.25, 0.3) is 0 Å². The van der Waals surface area contributed by atoms with Crippen molar-refractivity contribution in [2.24, 2.45) is 5.92 Å². The molecule has 60 valence electrons. The normalized spacial score (nSPS) is 23.7. The summed E-state index contributed by atoms with van der Waals surface area (Å²) < 4.78 is 0. The summed E-state index contributed by atoms with van der Waals surface area (Å²) in [7, 11) is 0. The van der Waals surface area contributed by atoms with Crippen molar-refractivity contribution in [3.05, 3.63) is 24.3 Å². The smallest absolute Gasteiger partial charge is 0.155 e. The molecule has 1 atom stereocenters. The Hall–Kier alpha value is -0.850. The standard InChI is InChI=1S/C10H14O/c1-3-8(2)9-4-6-10(11)7-5-9/h4,6,9H,2-3,5,7H2,1H3. The van der Waals surface area contributed by atoms with E-state index in [0.29, 0.717) is 12.3 Å². The number of rotatable bonds is 2. The lowest BCUT2D eigenvalue weighted by atomic mass is 9.88. The third-order valence-electron chi connectivity index (χ3n) is 2.19. The summed E-state index contributed by atoms with van der Waals surface area (Å²) in [6, 6.07) is 0. The monoisotopic (exact) mass is 150 g/mol. The van der Waals surface area contributed by atoms with Crippen LogP contribution in [0.5, 0.6) is 0 Å². The quantitative estimate of drug-likeness (QED) is 0.553. The molecule has 1 rings (SSSR count). The molecular weight excluding hydrogens is 136 g/mol. The van der Waals surface area contributed by atoms with Gasteiger partial charge in [0.2, 0.25) is 0 Å². The summed E-state index contributed by atoms with van der Waals surface area (Å²) in [4.78, 5) is 10.8. The molecule has 0 aliphatic heterocycles. The summed E-state index contributed by atoms with van der Waals surface area (Å²) in [5.74, 6) is 0.711. The first-order valence-corrected chi connectivity index (χ1v) is 4.12. The van der Waals surface area contributed by atoms with E-state index >= 15 is 0 Å². The number of carbonyl (C=O) groups excluding carboxylic acids is 1. The van der Waals surface area contributed by atoms with Crippen LogP contribution in [0.3, 0.4) is 0 Å². The molecule has 0 amide bonds. The SMILES string of the molecule is C=C(CC)C1C=CC(=O)CC1. The maximum Gasteiger partial charge on any atom is 0.155 e. The predicted molar refractivity (Wildman–Crippen MR) is 46.3 cm³/mol. The molecule has 0 radical (unpaired) electrons. The second-order valence-electron chi connectivity index (χ2n) is 2.98. The largest absolute Gasteiger partial charge is 0.295 e. The summed E-state index contributed by atoms with van der Waals surface area (Å²) in [5, 5.41) is 0. The lowest BCUT2D eigenvalue weighted by Crippen LogP contribution is -2.08. The Balaban J connectivity index is 2.57. The van der Waals surface area contributed by atoms with Gasteiger partial charge < -0.3 is 0 Å². The maximum absolute atomic E-state index is 10.8. The molecule has 0 spiro atoms. The molecule has 1 aliphatic rings. The van der Waals surface area contributed by atoms with Crippen molar-refractivity contribution in [1.29, 1.82) is 0 Å². The van der Waals surface area contributed by atoms with Crippen molar-refractivity contribution in [2.75, 3.05) is 0 Å². The minimum Gasteiger partial charge on any atom is -0.295 e. The van der Waals surface area contributed by atoms with Gasteiger partial charge in [-0.1, -0.05) is 25.2 Å². The van der Waals surface area contributed by atoms with Crippen LogP contribution in [0, 0.1) is 5.92 Å². The molecule has 0 aromatic heterocycles. The highest BCUT2D eigenvalue weighted by Crippen LogP contribution is 2.23. The lowest BCUT2D eigenvalue weighted by molar-refractivity contribution is -0.115. The van der Waals surface area contributed by atoms with E-state index in [4.69, 9.17) is 0 Å². The van der Waals surface area contributed by atoms with Crippen LogP contribution in [0.2, 0.25) is 0 Å². The minimum absolute atomic E-state index is 0.255. The Bertz CT molecular complexity index is 201. The van der Waals surface area contributed by atoms with Gasteiger partial charge in [-0.2, -0.15) is 0 Å². The maximum atomic E-state index is 10.8. The highest BCUT2D eigenvalue weighted by Gasteiger charge is 2.13. The van der Waals surface area contributed by atoms with Gasteiger partial charge in [-0.25, -0.2) is 0 Å². The van der Waals surface area contributed by atoms with Crippen molar-refractivity contribution in [3.8, 4) is 0 Å². The van der Waals surface area contributed by atoms with Gasteiger partial charge in [0, 0.05) is 6.42 Å². The van der Waals surface area contributed by atoms with Gasteiger partial charge in [0.25, 0.3) is 0 Å². The molecule has 0 aromatic rings. The van der Waals surface area contributed by atoms with Gasteiger partial charge in [0.15, 0.2) is 5.78 Å². The molecule has 0 fully saturated rings. The number of carbonyl (C=O) groups is 1. The molecule has 1 unspecified atom stereocenters. The van der Waals surface area contributed by atoms with Crippen molar-refractivity contribution in [1.82, 2.24) is 0 Å². The summed E-state index contributed by atoms with van der Waals surface area (Å²) in [6.07, 6.45) is 6.35. The zero-order valence-electron chi connectivity index (χ0n) is 6.97. The Morgan fingerprint density at radius 2 is 2.55 bits per heavy atom. The molecule has 0 heterocycles. The topological polar surface area (TPSA) is 17.1 Å². The minimum atomic E-state index is 0.255. The van der Waals surface area contributed by atoms with Crippen LogP contribution >= 0.6 is 0 Å². The van der Waals surface area contributed by atoms with Crippen molar-refractivity contribution in [2.45, 2.75) is 26.2 Å². The fraction of sp³-hybridized carbons (Fsp3) is 0.500. The Kier molecular flexibility index (Phi) is 2.64. The number of hydrogen-bond donors (Lipinski definition) is 0. The van der Waals surface area contributed by atoms with E-state index < -0.39 is 0 Å². The van der Waals surface area contributed by atoms with Gasteiger partial charge >= 0.3 is 0 Å².